The van der Waals surface area contributed by atoms with Crippen LogP contribution in [-0.2, 0) is 16.2 Å². The highest BCUT2D eigenvalue weighted by molar-refractivity contribution is 7.89. The summed E-state index contributed by atoms with van der Waals surface area (Å²) in [6.45, 7) is 1.62. The van der Waals surface area contributed by atoms with Crippen LogP contribution in [0.3, 0.4) is 0 Å². The number of nitrogens with one attached hydrogen (secondary N) is 2. The van der Waals surface area contributed by atoms with Gasteiger partial charge in [0, 0.05) is 25.2 Å². The second-order valence-corrected chi connectivity index (χ2v) is 9.40. The number of hydrogen-bond acceptors (Lipinski definition) is 4. The summed E-state index contributed by atoms with van der Waals surface area (Å²) in [5, 5.41) is 2.56. The number of piperidine rings is 1. The maximum absolute atomic E-state index is 13.4. The summed E-state index contributed by atoms with van der Waals surface area (Å²) in [5.41, 5.74) is -1.60. The zero-order valence-electron chi connectivity index (χ0n) is 16.9. The molecule has 6 nitrogen and oxygen atoms in total. The van der Waals surface area contributed by atoms with Gasteiger partial charge in [-0.1, -0.05) is 0 Å². The van der Waals surface area contributed by atoms with Gasteiger partial charge in [-0.3, -0.25) is 9.18 Å². The number of hydrogen-bond donors (Lipinski definition) is 2. The second kappa shape index (κ2) is 11.2. The monoisotopic (exact) mass is 471 g/mol. The maximum atomic E-state index is 13.4. The summed E-state index contributed by atoms with van der Waals surface area (Å²) in [6, 6.07) is 1.73. The highest BCUT2D eigenvalue weighted by Crippen LogP contribution is 2.30. The van der Waals surface area contributed by atoms with E-state index in [0.29, 0.717) is 44.6 Å². The average molecular weight is 471 g/mol. The van der Waals surface area contributed by atoms with E-state index in [-0.39, 0.29) is 36.7 Å². The van der Waals surface area contributed by atoms with Crippen molar-refractivity contribution in [2.24, 2.45) is 5.92 Å². The number of carbonyl (C=O) groups is 1. The Morgan fingerprint density at radius 3 is 2.45 bits per heavy atom. The van der Waals surface area contributed by atoms with Crippen molar-refractivity contribution in [1.82, 2.24) is 14.9 Å². The third-order valence-corrected chi connectivity index (χ3v) is 6.51. The molecule has 0 spiro atoms. The Kier molecular flexibility index (Phi) is 9.19. The minimum absolute atomic E-state index is 0.0421. The number of likely N-dealkylation sites (tertiary alicyclic amines) is 1. The number of nitrogens with zero attached hydrogens (tertiary/aromatic N) is 1. The van der Waals surface area contributed by atoms with Crippen molar-refractivity contribution in [2.45, 2.75) is 25.4 Å². The van der Waals surface area contributed by atoms with Crippen LogP contribution in [0.5, 0.6) is 0 Å². The van der Waals surface area contributed by atoms with E-state index in [1.807, 2.05) is 0 Å². The molecule has 1 aliphatic heterocycles. The molecule has 2 rings (SSSR count). The van der Waals surface area contributed by atoms with Gasteiger partial charge in [0.2, 0.25) is 10.0 Å². The van der Waals surface area contributed by atoms with Gasteiger partial charge in [-0.25, -0.2) is 17.5 Å². The van der Waals surface area contributed by atoms with Crippen LogP contribution in [0.15, 0.2) is 18.2 Å². The van der Waals surface area contributed by atoms with Crippen LogP contribution in [-0.4, -0.2) is 64.4 Å². The molecule has 1 heterocycles. The summed E-state index contributed by atoms with van der Waals surface area (Å²) in [4.78, 5) is 14.2. The molecule has 0 bridgehead atoms. The van der Waals surface area contributed by atoms with Crippen LogP contribution in [0.25, 0.3) is 0 Å². The van der Waals surface area contributed by atoms with Crippen molar-refractivity contribution in [2.75, 3.05) is 45.2 Å². The van der Waals surface area contributed by atoms with E-state index in [4.69, 9.17) is 0 Å². The van der Waals surface area contributed by atoms with Gasteiger partial charge in [0.05, 0.1) is 18.0 Å². The van der Waals surface area contributed by atoms with E-state index in [9.17, 15) is 35.2 Å². The quantitative estimate of drug-likeness (QED) is 0.515. The first kappa shape index (κ1) is 25.5. The number of sulfonamides is 1. The molecule has 31 heavy (non-hydrogen) atoms. The van der Waals surface area contributed by atoms with Crippen molar-refractivity contribution in [3.63, 3.8) is 0 Å². The Bertz CT molecular complexity index is 841. The molecule has 1 aromatic rings. The van der Waals surface area contributed by atoms with E-state index >= 15 is 0 Å². The fraction of sp³-hybridized carbons (Fsp3) is 0.632. The summed E-state index contributed by atoms with van der Waals surface area (Å²) in [5.74, 6) is -2.04. The van der Waals surface area contributed by atoms with Crippen molar-refractivity contribution in [3.8, 4) is 0 Å². The van der Waals surface area contributed by atoms with Crippen molar-refractivity contribution in [3.05, 3.63) is 35.1 Å². The smallest absolute Gasteiger partial charge is 0.352 e. The third kappa shape index (κ3) is 8.69. The molecule has 12 heteroatoms. The number of carbonyl (C=O) groups excluding carboxylic acids is 1. The first-order chi connectivity index (χ1) is 14.5. The van der Waals surface area contributed by atoms with Gasteiger partial charge in [-0.05, 0) is 56.5 Å². The summed E-state index contributed by atoms with van der Waals surface area (Å²) in [7, 11) is -3.48. The highest BCUT2D eigenvalue weighted by Gasteiger charge is 2.32. The average Bonchev–Trinajstić information content (AvgIpc) is 2.70. The molecule has 1 aromatic carbocycles. The molecule has 2 N–H and O–H groups in total. The van der Waals surface area contributed by atoms with Gasteiger partial charge in [-0.15, -0.1) is 0 Å². The van der Waals surface area contributed by atoms with E-state index in [1.165, 1.54) is 0 Å². The molecule has 0 aliphatic carbocycles. The largest absolute Gasteiger partial charge is 0.416 e. The van der Waals surface area contributed by atoms with Gasteiger partial charge in [0.1, 0.15) is 5.82 Å². The number of benzene rings is 1. The highest BCUT2D eigenvalue weighted by atomic mass is 32.2. The van der Waals surface area contributed by atoms with Gasteiger partial charge in [0.15, 0.2) is 0 Å². The van der Waals surface area contributed by atoms with Crippen molar-refractivity contribution in [1.29, 1.82) is 0 Å². The summed E-state index contributed by atoms with van der Waals surface area (Å²) >= 11 is 0. The number of amides is 1. The standard InChI is InChI=1S/C19H26F5N3O3S/c20-4-1-9-31(29,30)26-5-8-27-6-2-14(3-7-27)13-25-18(28)15-10-16(19(22,23)24)12-17(21)11-15/h10-12,14,26H,1-9,13H2,(H,25,28). The molecule has 0 aromatic heterocycles. The molecule has 0 saturated carbocycles. The third-order valence-electron chi connectivity index (χ3n) is 5.04. The SMILES string of the molecule is O=C(NCC1CCN(CCNS(=O)(=O)CCCF)CC1)c1cc(F)cc(C(F)(F)F)c1. The van der Waals surface area contributed by atoms with E-state index in [0.717, 1.165) is 6.07 Å². The normalized spacial score (nSPS) is 16.4. The Hall–Kier alpha value is -1.79. The predicted molar refractivity (Wildman–Crippen MR) is 105 cm³/mol. The lowest BCUT2D eigenvalue weighted by Crippen LogP contribution is -2.42. The van der Waals surface area contributed by atoms with E-state index in [2.05, 4.69) is 14.9 Å². The van der Waals surface area contributed by atoms with Crippen LogP contribution in [0.4, 0.5) is 22.0 Å². The van der Waals surface area contributed by atoms with Crippen LogP contribution in [0, 0.1) is 11.7 Å². The first-order valence-corrected chi connectivity index (χ1v) is 11.6. The molecule has 1 fully saturated rings. The lowest BCUT2D eigenvalue weighted by atomic mass is 9.96. The Labute approximate surface area is 178 Å². The summed E-state index contributed by atoms with van der Waals surface area (Å²) < 4.78 is 89.5. The van der Waals surface area contributed by atoms with Crippen LogP contribution < -0.4 is 10.0 Å². The van der Waals surface area contributed by atoms with Gasteiger partial charge in [0.25, 0.3) is 5.91 Å². The van der Waals surface area contributed by atoms with E-state index in [1.54, 1.807) is 0 Å². The molecule has 1 saturated heterocycles. The fourth-order valence-corrected chi connectivity index (χ4v) is 4.35. The molecule has 1 amide bonds. The molecule has 0 atom stereocenters. The lowest BCUT2D eigenvalue weighted by Gasteiger charge is -2.32. The zero-order chi connectivity index (χ0) is 23.1. The predicted octanol–water partition coefficient (Wildman–Crippen LogP) is 2.57. The van der Waals surface area contributed by atoms with Crippen LogP contribution in [0.2, 0.25) is 0 Å². The maximum Gasteiger partial charge on any atom is 0.416 e. The fourth-order valence-electron chi connectivity index (χ4n) is 3.31. The lowest BCUT2D eigenvalue weighted by molar-refractivity contribution is -0.137. The van der Waals surface area contributed by atoms with Crippen molar-refractivity contribution >= 4 is 15.9 Å². The second-order valence-electron chi connectivity index (χ2n) is 7.48. The molecule has 176 valence electrons. The molecular weight excluding hydrogens is 445 g/mol. The Morgan fingerprint density at radius 1 is 1.16 bits per heavy atom. The van der Waals surface area contributed by atoms with Gasteiger partial charge >= 0.3 is 6.18 Å². The Morgan fingerprint density at radius 2 is 1.84 bits per heavy atom. The minimum Gasteiger partial charge on any atom is -0.352 e. The first-order valence-electron chi connectivity index (χ1n) is 9.92. The topological polar surface area (TPSA) is 78.5 Å². The molecule has 0 unspecified atom stereocenters. The molecule has 0 radical (unpaired) electrons. The summed E-state index contributed by atoms with van der Waals surface area (Å²) in [6.07, 6.45) is -3.36. The van der Waals surface area contributed by atoms with Crippen LogP contribution >= 0.6 is 0 Å². The minimum atomic E-state index is -4.74. The van der Waals surface area contributed by atoms with Crippen molar-refractivity contribution < 1.29 is 35.2 Å². The van der Waals surface area contributed by atoms with Gasteiger partial charge < -0.3 is 10.2 Å². The molecule has 1 aliphatic rings. The number of alkyl halides is 4. The number of halogens is 5. The zero-order valence-corrected chi connectivity index (χ0v) is 17.7. The Balaban J connectivity index is 1.74. The van der Waals surface area contributed by atoms with Gasteiger partial charge in [-0.2, -0.15) is 13.2 Å². The van der Waals surface area contributed by atoms with Crippen LogP contribution in [0.1, 0.15) is 35.2 Å². The van der Waals surface area contributed by atoms with E-state index < -0.39 is 40.2 Å². The molecular formula is C19H26F5N3O3S. The number of rotatable bonds is 10.